The summed E-state index contributed by atoms with van der Waals surface area (Å²) in [5, 5.41) is 13.3. The molecule has 3 aliphatic rings. The number of hydrogen-bond donors (Lipinski definition) is 1. The van der Waals surface area contributed by atoms with Gasteiger partial charge < -0.3 is 19.9 Å². The van der Waals surface area contributed by atoms with Gasteiger partial charge in [0.1, 0.15) is 12.4 Å². The molecule has 4 heterocycles. The van der Waals surface area contributed by atoms with Gasteiger partial charge in [0.05, 0.1) is 17.3 Å². The molecule has 0 aliphatic carbocycles. The summed E-state index contributed by atoms with van der Waals surface area (Å²) < 4.78 is 6.09. The molecule has 208 valence electrons. The van der Waals surface area contributed by atoms with E-state index in [1.165, 1.54) is 45.6 Å². The van der Waals surface area contributed by atoms with Gasteiger partial charge in [0.2, 0.25) is 5.95 Å². The van der Waals surface area contributed by atoms with Crippen LogP contribution < -0.4 is 15.0 Å². The van der Waals surface area contributed by atoms with Crippen molar-refractivity contribution in [2.24, 2.45) is 11.3 Å². The molecule has 0 unspecified atom stereocenters. The molecule has 0 bridgehead atoms. The van der Waals surface area contributed by atoms with Crippen LogP contribution in [0.5, 0.6) is 5.75 Å². The van der Waals surface area contributed by atoms with Crippen molar-refractivity contribution in [2.75, 3.05) is 50.7 Å². The van der Waals surface area contributed by atoms with E-state index in [0.29, 0.717) is 22.6 Å². The Morgan fingerprint density at radius 3 is 2.50 bits per heavy atom. The van der Waals surface area contributed by atoms with Gasteiger partial charge in [-0.25, -0.2) is 9.97 Å². The third-order valence-electron chi connectivity index (χ3n) is 9.05. The highest BCUT2D eigenvalue weighted by Gasteiger charge is 2.46. The molecule has 3 saturated heterocycles. The summed E-state index contributed by atoms with van der Waals surface area (Å²) in [7, 11) is 0. The largest absolute Gasteiger partial charge is 0.487 e. The van der Waals surface area contributed by atoms with Crippen LogP contribution in [0, 0.1) is 22.7 Å². The highest BCUT2D eigenvalue weighted by atomic mass is 35.5. The Morgan fingerprint density at radius 1 is 1.07 bits per heavy atom. The number of aromatic nitrogens is 2. The third kappa shape index (κ3) is 5.67. The van der Waals surface area contributed by atoms with E-state index in [1.807, 2.05) is 36.5 Å². The molecule has 1 aromatic heterocycles. The van der Waals surface area contributed by atoms with Crippen LogP contribution in [-0.4, -0.2) is 60.7 Å². The fourth-order valence-corrected chi connectivity index (χ4v) is 6.43. The Balaban J connectivity index is 1.02. The molecule has 3 aliphatic heterocycles. The number of anilines is 1. The van der Waals surface area contributed by atoms with Gasteiger partial charge in [0.15, 0.2) is 0 Å². The summed E-state index contributed by atoms with van der Waals surface area (Å²) in [6, 6.07) is 17.8. The summed E-state index contributed by atoms with van der Waals surface area (Å²) >= 11 is 6.27. The molecule has 0 amide bonds. The average molecular weight is 557 g/mol. The minimum absolute atomic E-state index is 0.310. The highest BCUT2D eigenvalue weighted by molar-refractivity contribution is 6.30. The SMILES string of the molecule is CC(C)(c1ccc(OCc2ccnc(N3CC4(CCN(CC5CNC5)CC4)C3)n2)cc1)c1cc(Cl)cc(C#N)c1. The van der Waals surface area contributed by atoms with E-state index in [4.69, 9.17) is 21.3 Å². The number of nitriles is 1. The second-order valence-corrected chi connectivity index (χ2v) is 12.7. The molecule has 1 N–H and O–H groups in total. The molecular formula is C32H37ClN6O. The number of piperidine rings is 1. The monoisotopic (exact) mass is 556 g/mol. The predicted octanol–water partition coefficient (Wildman–Crippen LogP) is 5.03. The van der Waals surface area contributed by atoms with Gasteiger partial charge in [-0.05, 0) is 79.4 Å². The van der Waals surface area contributed by atoms with Crippen molar-refractivity contribution < 1.29 is 4.74 Å². The van der Waals surface area contributed by atoms with Crippen LogP contribution in [0.1, 0.15) is 49.1 Å². The number of hydrogen-bond acceptors (Lipinski definition) is 7. The Morgan fingerprint density at radius 2 is 1.82 bits per heavy atom. The minimum Gasteiger partial charge on any atom is -0.487 e. The maximum absolute atomic E-state index is 9.34. The Labute approximate surface area is 242 Å². The van der Waals surface area contributed by atoms with Crippen LogP contribution in [0.4, 0.5) is 5.95 Å². The first-order valence-corrected chi connectivity index (χ1v) is 14.6. The van der Waals surface area contributed by atoms with Crippen LogP contribution in [0.3, 0.4) is 0 Å². The number of rotatable bonds is 8. The molecular weight excluding hydrogens is 520 g/mol. The number of nitrogens with one attached hydrogen (secondary N) is 1. The fourth-order valence-electron chi connectivity index (χ4n) is 6.20. The molecule has 0 atom stereocenters. The van der Waals surface area contributed by atoms with Crippen LogP contribution in [0.15, 0.2) is 54.7 Å². The average Bonchev–Trinajstić information content (AvgIpc) is 2.93. The van der Waals surface area contributed by atoms with Crippen molar-refractivity contribution in [3.05, 3.63) is 82.1 Å². The molecule has 2 aromatic carbocycles. The summed E-state index contributed by atoms with van der Waals surface area (Å²) in [5.74, 6) is 2.45. The highest BCUT2D eigenvalue weighted by Crippen LogP contribution is 2.42. The number of nitrogens with zero attached hydrogens (tertiary/aromatic N) is 5. The first kappa shape index (κ1) is 27.0. The quantitative estimate of drug-likeness (QED) is 0.417. The molecule has 0 radical (unpaired) electrons. The van der Waals surface area contributed by atoms with Crippen molar-refractivity contribution in [1.82, 2.24) is 20.2 Å². The molecule has 40 heavy (non-hydrogen) atoms. The van der Waals surface area contributed by atoms with E-state index in [0.717, 1.165) is 47.5 Å². The molecule has 1 spiro atoms. The standard InChI is InChI=1S/C32H37ClN6O/c1-31(2,26-13-23(16-34)14-27(33)15-26)25-3-5-29(6-4-25)40-20-28-7-10-36-30(37-28)39-21-32(22-39)8-11-38(12-9-32)19-24-17-35-18-24/h3-7,10,13-15,24,35H,8-9,11-12,17-22H2,1-2H3. The Bertz CT molecular complexity index is 1380. The van der Waals surface area contributed by atoms with E-state index < -0.39 is 0 Å². The first-order valence-electron chi connectivity index (χ1n) is 14.3. The fraction of sp³-hybridized carbons (Fsp3) is 0.469. The van der Waals surface area contributed by atoms with E-state index >= 15 is 0 Å². The lowest BCUT2D eigenvalue weighted by Crippen LogP contribution is -2.61. The van der Waals surface area contributed by atoms with E-state index in [2.05, 4.69) is 52.2 Å². The maximum atomic E-state index is 9.34. The van der Waals surface area contributed by atoms with Gasteiger partial charge in [-0.3, -0.25) is 0 Å². The van der Waals surface area contributed by atoms with E-state index in [1.54, 1.807) is 6.07 Å². The van der Waals surface area contributed by atoms with Crippen molar-refractivity contribution in [1.29, 1.82) is 5.26 Å². The molecule has 3 fully saturated rings. The normalized spacial score (nSPS) is 19.1. The summed E-state index contributed by atoms with van der Waals surface area (Å²) in [6.07, 6.45) is 4.39. The lowest BCUT2D eigenvalue weighted by Gasteiger charge is -2.54. The van der Waals surface area contributed by atoms with Crippen LogP contribution >= 0.6 is 11.6 Å². The predicted molar refractivity (Wildman–Crippen MR) is 158 cm³/mol. The summed E-state index contributed by atoms with van der Waals surface area (Å²) in [6.45, 7) is 12.8. The molecule has 7 nitrogen and oxygen atoms in total. The second kappa shape index (κ2) is 11.0. The summed E-state index contributed by atoms with van der Waals surface area (Å²) in [4.78, 5) is 14.4. The lowest BCUT2D eigenvalue weighted by molar-refractivity contribution is 0.0607. The summed E-state index contributed by atoms with van der Waals surface area (Å²) in [5.41, 5.74) is 3.69. The van der Waals surface area contributed by atoms with E-state index in [9.17, 15) is 5.26 Å². The van der Waals surface area contributed by atoms with Gasteiger partial charge >= 0.3 is 0 Å². The number of ether oxygens (including phenoxy) is 1. The van der Waals surface area contributed by atoms with Gasteiger partial charge in [-0.1, -0.05) is 37.6 Å². The van der Waals surface area contributed by atoms with Gasteiger partial charge in [-0.2, -0.15) is 5.26 Å². The van der Waals surface area contributed by atoms with Crippen LogP contribution in [-0.2, 0) is 12.0 Å². The van der Waals surface area contributed by atoms with Crippen molar-refractivity contribution in [3.63, 3.8) is 0 Å². The van der Waals surface area contributed by atoms with Crippen molar-refractivity contribution in [2.45, 2.75) is 38.7 Å². The maximum Gasteiger partial charge on any atom is 0.225 e. The van der Waals surface area contributed by atoms with Crippen LogP contribution in [0.2, 0.25) is 5.02 Å². The smallest absolute Gasteiger partial charge is 0.225 e. The molecule has 3 aromatic rings. The lowest BCUT2D eigenvalue weighted by atomic mass is 9.72. The van der Waals surface area contributed by atoms with Gasteiger partial charge in [0.25, 0.3) is 0 Å². The van der Waals surface area contributed by atoms with Crippen molar-refractivity contribution >= 4 is 17.5 Å². The number of halogens is 1. The number of benzene rings is 2. The third-order valence-corrected chi connectivity index (χ3v) is 9.26. The Kier molecular flexibility index (Phi) is 7.43. The van der Waals surface area contributed by atoms with Crippen LogP contribution in [0.25, 0.3) is 0 Å². The minimum atomic E-state index is -0.310. The molecule has 8 heteroatoms. The van der Waals surface area contributed by atoms with Gasteiger partial charge in [0, 0.05) is 54.8 Å². The molecule has 6 rings (SSSR count). The van der Waals surface area contributed by atoms with E-state index in [-0.39, 0.29) is 5.41 Å². The van der Waals surface area contributed by atoms with Gasteiger partial charge in [-0.15, -0.1) is 0 Å². The molecule has 0 saturated carbocycles. The zero-order chi connectivity index (χ0) is 27.7. The van der Waals surface area contributed by atoms with Crippen molar-refractivity contribution in [3.8, 4) is 11.8 Å². The Hall–Kier alpha value is -3.18. The zero-order valence-corrected chi connectivity index (χ0v) is 24.1. The number of likely N-dealkylation sites (tertiary alicyclic amines) is 1. The topological polar surface area (TPSA) is 77.3 Å². The second-order valence-electron chi connectivity index (χ2n) is 12.3. The zero-order valence-electron chi connectivity index (χ0n) is 23.4. The first-order chi connectivity index (χ1) is 19.3.